The zero-order valence-electron chi connectivity index (χ0n) is 10.1. The van der Waals surface area contributed by atoms with Crippen molar-refractivity contribution in [2.24, 2.45) is 0 Å². The molecule has 0 aliphatic heterocycles. The summed E-state index contributed by atoms with van der Waals surface area (Å²) >= 11 is 5.87. The largest absolute Gasteiger partial charge is 0.387 e. The van der Waals surface area contributed by atoms with Crippen molar-refractivity contribution in [2.75, 3.05) is 17.7 Å². The number of anilines is 2. The molecule has 0 spiro atoms. The topological polar surface area (TPSA) is 54.0 Å². The van der Waals surface area contributed by atoms with E-state index in [0.717, 1.165) is 6.20 Å². The molecular formula is C13H11ClFN3O. The Kier molecular flexibility index (Phi) is 3.97. The highest BCUT2D eigenvalue weighted by Gasteiger charge is 2.12. The summed E-state index contributed by atoms with van der Waals surface area (Å²) in [4.78, 5) is 15.8. The highest BCUT2D eigenvalue weighted by Crippen LogP contribution is 2.21. The van der Waals surface area contributed by atoms with Crippen LogP contribution in [0.25, 0.3) is 0 Å². The Labute approximate surface area is 114 Å². The van der Waals surface area contributed by atoms with Gasteiger partial charge in [-0.05, 0) is 30.3 Å². The molecule has 2 rings (SSSR count). The molecule has 2 aromatic rings. The molecule has 1 aromatic carbocycles. The first-order valence-corrected chi connectivity index (χ1v) is 5.88. The van der Waals surface area contributed by atoms with Crippen LogP contribution in [-0.4, -0.2) is 17.9 Å². The summed E-state index contributed by atoms with van der Waals surface area (Å²) in [5.74, 6) is -0.559. The second kappa shape index (κ2) is 5.67. The molecule has 0 radical (unpaired) electrons. The average Bonchev–Trinajstić information content (AvgIpc) is 2.41. The second-order valence-corrected chi connectivity index (χ2v) is 4.19. The van der Waals surface area contributed by atoms with E-state index in [4.69, 9.17) is 11.6 Å². The molecule has 1 amide bonds. The standard InChI is InChI=1S/C13H11ClFN3O/c1-16-11-4-2-8(14)6-10(11)13(19)18-12-5-3-9(15)7-17-12/h2-7,16H,1H3,(H,17,18,19). The number of amides is 1. The molecule has 19 heavy (non-hydrogen) atoms. The number of rotatable bonds is 3. The summed E-state index contributed by atoms with van der Waals surface area (Å²) in [7, 11) is 1.70. The van der Waals surface area contributed by atoms with Gasteiger partial charge in [-0.25, -0.2) is 9.37 Å². The number of halogens is 2. The second-order valence-electron chi connectivity index (χ2n) is 3.76. The van der Waals surface area contributed by atoms with Gasteiger partial charge in [0.05, 0.1) is 11.8 Å². The molecular weight excluding hydrogens is 269 g/mol. The predicted molar refractivity (Wildman–Crippen MR) is 73.1 cm³/mol. The highest BCUT2D eigenvalue weighted by molar-refractivity contribution is 6.31. The van der Waals surface area contributed by atoms with Crippen molar-refractivity contribution in [3.8, 4) is 0 Å². The van der Waals surface area contributed by atoms with Gasteiger partial charge in [-0.3, -0.25) is 4.79 Å². The molecule has 0 atom stereocenters. The Morgan fingerprint density at radius 2 is 2.11 bits per heavy atom. The van der Waals surface area contributed by atoms with Gasteiger partial charge in [-0.15, -0.1) is 0 Å². The predicted octanol–water partition coefficient (Wildman–Crippen LogP) is 3.17. The zero-order chi connectivity index (χ0) is 13.8. The molecule has 6 heteroatoms. The van der Waals surface area contributed by atoms with E-state index >= 15 is 0 Å². The van der Waals surface area contributed by atoms with Crippen LogP contribution in [0.15, 0.2) is 36.5 Å². The Morgan fingerprint density at radius 1 is 1.32 bits per heavy atom. The van der Waals surface area contributed by atoms with Crippen LogP contribution in [0.1, 0.15) is 10.4 Å². The van der Waals surface area contributed by atoms with Crippen LogP contribution in [0.3, 0.4) is 0 Å². The summed E-state index contributed by atoms with van der Waals surface area (Å²) < 4.78 is 12.7. The van der Waals surface area contributed by atoms with E-state index < -0.39 is 5.82 Å². The molecule has 4 nitrogen and oxygen atoms in total. The number of benzene rings is 1. The smallest absolute Gasteiger partial charge is 0.258 e. The first kappa shape index (κ1) is 13.3. The van der Waals surface area contributed by atoms with Crippen molar-refractivity contribution in [3.05, 3.63) is 52.9 Å². The number of nitrogens with zero attached hydrogens (tertiary/aromatic N) is 1. The monoisotopic (exact) mass is 279 g/mol. The Hall–Kier alpha value is -2.14. The van der Waals surface area contributed by atoms with E-state index in [2.05, 4.69) is 15.6 Å². The van der Waals surface area contributed by atoms with Gasteiger partial charge in [0.2, 0.25) is 0 Å². The molecule has 0 unspecified atom stereocenters. The summed E-state index contributed by atoms with van der Waals surface area (Å²) in [5.41, 5.74) is 1.03. The third-order valence-electron chi connectivity index (χ3n) is 2.46. The maximum atomic E-state index is 12.7. The number of aromatic nitrogens is 1. The molecule has 0 saturated heterocycles. The van der Waals surface area contributed by atoms with Crippen molar-refractivity contribution < 1.29 is 9.18 Å². The van der Waals surface area contributed by atoms with Gasteiger partial charge in [-0.1, -0.05) is 11.6 Å². The molecule has 0 aliphatic carbocycles. The first-order valence-electron chi connectivity index (χ1n) is 5.50. The highest BCUT2D eigenvalue weighted by atomic mass is 35.5. The lowest BCUT2D eigenvalue weighted by Crippen LogP contribution is -2.14. The van der Waals surface area contributed by atoms with Crippen LogP contribution < -0.4 is 10.6 Å². The van der Waals surface area contributed by atoms with Crippen LogP contribution >= 0.6 is 11.6 Å². The Morgan fingerprint density at radius 3 is 2.74 bits per heavy atom. The molecule has 98 valence electrons. The van der Waals surface area contributed by atoms with Gasteiger partial charge in [0, 0.05) is 17.8 Å². The maximum Gasteiger partial charge on any atom is 0.258 e. The van der Waals surface area contributed by atoms with Crippen molar-refractivity contribution in [3.63, 3.8) is 0 Å². The van der Waals surface area contributed by atoms with Crippen LogP contribution in [0.4, 0.5) is 15.9 Å². The minimum absolute atomic E-state index is 0.272. The lowest BCUT2D eigenvalue weighted by Gasteiger charge is -2.09. The fourth-order valence-electron chi connectivity index (χ4n) is 1.56. The Balaban J connectivity index is 2.24. The average molecular weight is 280 g/mol. The maximum absolute atomic E-state index is 12.7. The summed E-state index contributed by atoms with van der Waals surface area (Å²) in [5, 5.41) is 5.93. The van der Waals surface area contributed by atoms with E-state index in [1.165, 1.54) is 12.1 Å². The minimum Gasteiger partial charge on any atom is -0.387 e. The lowest BCUT2D eigenvalue weighted by atomic mass is 10.1. The molecule has 2 N–H and O–H groups in total. The van der Waals surface area contributed by atoms with Crippen LogP contribution in [0, 0.1) is 5.82 Å². The lowest BCUT2D eigenvalue weighted by molar-refractivity contribution is 0.102. The molecule has 0 fully saturated rings. The summed E-state index contributed by atoms with van der Waals surface area (Å²) in [6.45, 7) is 0. The number of nitrogens with one attached hydrogen (secondary N) is 2. The third-order valence-corrected chi connectivity index (χ3v) is 2.70. The SMILES string of the molecule is CNc1ccc(Cl)cc1C(=O)Nc1ccc(F)cn1. The Bertz CT molecular complexity index is 601. The van der Waals surface area contributed by atoms with E-state index in [-0.39, 0.29) is 11.7 Å². The van der Waals surface area contributed by atoms with Gasteiger partial charge >= 0.3 is 0 Å². The number of hydrogen-bond donors (Lipinski definition) is 2. The van der Waals surface area contributed by atoms with Gasteiger partial charge in [0.15, 0.2) is 0 Å². The van der Waals surface area contributed by atoms with Crippen LogP contribution in [0.2, 0.25) is 5.02 Å². The number of carbonyl (C=O) groups is 1. The van der Waals surface area contributed by atoms with Gasteiger partial charge in [0.1, 0.15) is 11.6 Å². The van der Waals surface area contributed by atoms with Crippen LogP contribution in [-0.2, 0) is 0 Å². The van der Waals surface area contributed by atoms with Crippen molar-refractivity contribution in [2.45, 2.75) is 0 Å². The van der Waals surface area contributed by atoms with Crippen molar-refractivity contribution >= 4 is 29.0 Å². The summed E-state index contributed by atoms with van der Waals surface area (Å²) in [6.07, 6.45) is 1.03. The molecule has 0 bridgehead atoms. The number of hydrogen-bond acceptors (Lipinski definition) is 3. The number of carbonyl (C=O) groups excluding carboxylic acids is 1. The summed E-state index contributed by atoms with van der Waals surface area (Å²) in [6, 6.07) is 7.54. The molecule has 0 saturated carbocycles. The van der Waals surface area contributed by atoms with Crippen molar-refractivity contribution in [1.29, 1.82) is 0 Å². The molecule has 0 aliphatic rings. The van der Waals surface area contributed by atoms with E-state index in [1.54, 1.807) is 25.2 Å². The first-order chi connectivity index (χ1) is 9.10. The van der Waals surface area contributed by atoms with Crippen molar-refractivity contribution in [1.82, 2.24) is 4.98 Å². The van der Waals surface area contributed by atoms with E-state index in [9.17, 15) is 9.18 Å². The minimum atomic E-state index is -0.461. The fraction of sp³-hybridized carbons (Fsp3) is 0.0769. The van der Waals surface area contributed by atoms with E-state index in [1.807, 2.05) is 0 Å². The molecule has 1 aromatic heterocycles. The zero-order valence-corrected chi connectivity index (χ0v) is 10.8. The number of pyridine rings is 1. The fourth-order valence-corrected chi connectivity index (χ4v) is 1.73. The normalized spacial score (nSPS) is 10.1. The van der Waals surface area contributed by atoms with Crippen LogP contribution in [0.5, 0.6) is 0 Å². The quantitative estimate of drug-likeness (QED) is 0.907. The van der Waals surface area contributed by atoms with Gasteiger partial charge < -0.3 is 10.6 Å². The van der Waals surface area contributed by atoms with Gasteiger partial charge in [0.25, 0.3) is 5.91 Å². The van der Waals surface area contributed by atoms with E-state index in [0.29, 0.717) is 16.3 Å². The van der Waals surface area contributed by atoms with Gasteiger partial charge in [-0.2, -0.15) is 0 Å². The third kappa shape index (κ3) is 3.20. The molecule has 1 heterocycles.